The van der Waals surface area contributed by atoms with E-state index < -0.39 is 0 Å². The van der Waals surface area contributed by atoms with Crippen molar-refractivity contribution in [2.75, 3.05) is 0 Å². The molecule has 1 aromatic heterocycles. The van der Waals surface area contributed by atoms with Crippen LogP contribution in [0.3, 0.4) is 0 Å². The van der Waals surface area contributed by atoms with Crippen molar-refractivity contribution in [2.24, 2.45) is 0 Å². The van der Waals surface area contributed by atoms with Crippen LogP contribution in [0.4, 0.5) is 0 Å². The summed E-state index contributed by atoms with van der Waals surface area (Å²) in [6.07, 6.45) is 0. The average molecular weight is 278 g/mol. The highest BCUT2D eigenvalue weighted by Gasteiger charge is 2.03. The number of hydrogen-bond donors (Lipinski definition) is 0. The van der Waals surface area contributed by atoms with Crippen LogP contribution < -0.4 is 0 Å². The lowest BCUT2D eigenvalue weighted by atomic mass is 10.3. The first-order valence-corrected chi connectivity index (χ1v) is 5.00. The molecule has 0 unspecified atom stereocenters. The fourth-order valence-corrected chi connectivity index (χ4v) is 1.60. The van der Waals surface area contributed by atoms with Crippen LogP contribution in [0.1, 0.15) is 0 Å². The van der Waals surface area contributed by atoms with E-state index in [0.717, 1.165) is 15.5 Å². The maximum absolute atomic E-state index is 5.72. The van der Waals surface area contributed by atoms with Gasteiger partial charge >= 0.3 is 0 Å². The number of rotatable bonds is 0. The van der Waals surface area contributed by atoms with E-state index in [1.54, 1.807) is 0 Å². The van der Waals surface area contributed by atoms with Gasteiger partial charge in [0, 0.05) is 4.47 Å². The van der Waals surface area contributed by atoms with E-state index in [4.69, 9.17) is 23.2 Å². The van der Waals surface area contributed by atoms with E-state index in [0.29, 0.717) is 0 Å². The molecule has 0 fully saturated rings. The van der Waals surface area contributed by atoms with E-state index in [2.05, 4.69) is 25.9 Å². The number of benzene rings is 1. The smallest absolute Gasteiger partial charge is 0.167 e. The van der Waals surface area contributed by atoms with E-state index in [1.165, 1.54) is 0 Å². The van der Waals surface area contributed by atoms with Gasteiger partial charge in [-0.15, -0.1) is 0 Å². The first-order valence-electron chi connectivity index (χ1n) is 3.45. The van der Waals surface area contributed by atoms with Crippen LogP contribution in [-0.4, -0.2) is 9.97 Å². The third-order valence-electron chi connectivity index (χ3n) is 1.54. The second-order valence-corrected chi connectivity index (χ2v) is 4.07. The molecule has 0 radical (unpaired) electrons. The van der Waals surface area contributed by atoms with Gasteiger partial charge in [0.05, 0.1) is 11.0 Å². The molecule has 2 nitrogen and oxygen atoms in total. The second kappa shape index (κ2) is 3.40. The number of hydrogen-bond acceptors (Lipinski definition) is 2. The number of aromatic nitrogens is 2. The van der Waals surface area contributed by atoms with Crippen molar-refractivity contribution >= 4 is 50.2 Å². The molecule has 0 saturated heterocycles. The standard InChI is InChI=1S/C8H3BrCl2N2/c9-4-1-2-5-6(3-4)13-8(11)7(10)12-5/h1-3H. The van der Waals surface area contributed by atoms with Gasteiger partial charge in [0.2, 0.25) is 0 Å². The summed E-state index contributed by atoms with van der Waals surface area (Å²) in [5.41, 5.74) is 1.46. The maximum atomic E-state index is 5.72. The molecule has 0 aliphatic heterocycles. The molecule has 0 spiro atoms. The van der Waals surface area contributed by atoms with E-state index >= 15 is 0 Å². The van der Waals surface area contributed by atoms with Crippen molar-refractivity contribution in [2.45, 2.75) is 0 Å². The fraction of sp³-hybridized carbons (Fsp3) is 0. The van der Waals surface area contributed by atoms with Gasteiger partial charge in [-0.25, -0.2) is 9.97 Å². The van der Waals surface area contributed by atoms with E-state index in [1.807, 2.05) is 18.2 Å². The Morgan fingerprint density at radius 2 is 1.62 bits per heavy atom. The summed E-state index contributed by atoms with van der Waals surface area (Å²) in [6.45, 7) is 0. The lowest BCUT2D eigenvalue weighted by Crippen LogP contribution is -1.86. The third kappa shape index (κ3) is 1.77. The lowest BCUT2D eigenvalue weighted by Gasteiger charge is -1.99. The summed E-state index contributed by atoms with van der Waals surface area (Å²) in [5.74, 6) is 0. The molecule has 0 aliphatic rings. The lowest BCUT2D eigenvalue weighted by molar-refractivity contribution is 1.29. The monoisotopic (exact) mass is 276 g/mol. The van der Waals surface area contributed by atoms with Crippen LogP contribution in [0.15, 0.2) is 22.7 Å². The van der Waals surface area contributed by atoms with E-state index in [9.17, 15) is 0 Å². The van der Waals surface area contributed by atoms with Crippen molar-refractivity contribution in [3.8, 4) is 0 Å². The zero-order valence-corrected chi connectivity index (χ0v) is 9.36. The van der Waals surface area contributed by atoms with Gasteiger partial charge in [-0.05, 0) is 18.2 Å². The van der Waals surface area contributed by atoms with Crippen LogP contribution >= 0.6 is 39.1 Å². The van der Waals surface area contributed by atoms with E-state index in [-0.39, 0.29) is 10.3 Å². The molecule has 0 atom stereocenters. The first-order chi connectivity index (χ1) is 6.16. The van der Waals surface area contributed by atoms with Crippen LogP contribution in [0.2, 0.25) is 10.3 Å². The Morgan fingerprint density at radius 1 is 1.00 bits per heavy atom. The summed E-state index contributed by atoms with van der Waals surface area (Å²) < 4.78 is 0.938. The van der Waals surface area contributed by atoms with Gasteiger partial charge < -0.3 is 0 Å². The van der Waals surface area contributed by atoms with Crippen molar-refractivity contribution in [3.05, 3.63) is 33.0 Å². The quantitative estimate of drug-likeness (QED) is 0.734. The zero-order chi connectivity index (χ0) is 9.42. The average Bonchev–Trinajstić information content (AvgIpc) is 2.08. The molecule has 2 aromatic rings. The Hall–Kier alpha value is -0.380. The Labute approximate surface area is 93.0 Å². The minimum absolute atomic E-state index is 0.229. The highest BCUT2D eigenvalue weighted by atomic mass is 79.9. The molecule has 66 valence electrons. The predicted octanol–water partition coefficient (Wildman–Crippen LogP) is 3.70. The molecule has 0 aliphatic carbocycles. The van der Waals surface area contributed by atoms with Gasteiger partial charge in [-0.3, -0.25) is 0 Å². The van der Waals surface area contributed by atoms with Crippen LogP contribution in [-0.2, 0) is 0 Å². The Morgan fingerprint density at radius 3 is 2.31 bits per heavy atom. The highest BCUT2D eigenvalue weighted by molar-refractivity contribution is 9.10. The van der Waals surface area contributed by atoms with Gasteiger partial charge in [0.1, 0.15) is 0 Å². The summed E-state index contributed by atoms with van der Waals surface area (Å²) in [6, 6.07) is 5.54. The van der Waals surface area contributed by atoms with Crippen molar-refractivity contribution in [1.29, 1.82) is 0 Å². The SMILES string of the molecule is Clc1nc2ccc(Br)cc2nc1Cl. The largest absolute Gasteiger partial charge is 0.231 e. The molecular weight excluding hydrogens is 275 g/mol. The van der Waals surface area contributed by atoms with Crippen LogP contribution in [0.5, 0.6) is 0 Å². The zero-order valence-electron chi connectivity index (χ0n) is 6.26. The molecule has 0 saturated carbocycles. The highest BCUT2D eigenvalue weighted by Crippen LogP contribution is 2.23. The molecule has 0 bridgehead atoms. The molecule has 0 N–H and O–H groups in total. The Bertz CT molecular complexity index is 473. The normalized spacial score (nSPS) is 10.7. The summed E-state index contributed by atoms with van der Waals surface area (Å²) in [5, 5.41) is 0.462. The molecule has 1 heterocycles. The summed E-state index contributed by atoms with van der Waals surface area (Å²) in [4.78, 5) is 8.14. The fourth-order valence-electron chi connectivity index (χ4n) is 0.984. The summed E-state index contributed by atoms with van der Waals surface area (Å²) >= 11 is 14.8. The predicted molar refractivity (Wildman–Crippen MR) is 57.3 cm³/mol. The van der Waals surface area contributed by atoms with Gasteiger partial charge in [0.25, 0.3) is 0 Å². The van der Waals surface area contributed by atoms with Crippen LogP contribution in [0, 0.1) is 0 Å². The number of fused-ring (bicyclic) bond motifs is 1. The van der Waals surface area contributed by atoms with Crippen LogP contribution in [0.25, 0.3) is 11.0 Å². The molecule has 13 heavy (non-hydrogen) atoms. The van der Waals surface area contributed by atoms with Gasteiger partial charge in [-0.2, -0.15) is 0 Å². The molecule has 1 aromatic carbocycles. The minimum Gasteiger partial charge on any atom is -0.231 e. The topological polar surface area (TPSA) is 25.8 Å². The third-order valence-corrected chi connectivity index (χ3v) is 2.66. The Balaban J connectivity index is 2.81. The summed E-state index contributed by atoms with van der Waals surface area (Å²) in [7, 11) is 0. The van der Waals surface area contributed by atoms with Gasteiger partial charge in [-0.1, -0.05) is 39.1 Å². The molecule has 2 rings (SSSR count). The molecule has 0 amide bonds. The molecular formula is C8H3BrCl2N2. The van der Waals surface area contributed by atoms with Crippen molar-refractivity contribution < 1.29 is 0 Å². The van der Waals surface area contributed by atoms with Crippen molar-refractivity contribution in [3.63, 3.8) is 0 Å². The van der Waals surface area contributed by atoms with Crippen molar-refractivity contribution in [1.82, 2.24) is 9.97 Å². The van der Waals surface area contributed by atoms with Gasteiger partial charge in [0.15, 0.2) is 10.3 Å². The first kappa shape index (κ1) is 9.19. The molecule has 5 heteroatoms. The minimum atomic E-state index is 0.229. The maximum Gasteiger partial charge on any atom is 0.167 e. The second-order valence-electron chi connectivity index (χ2n) is 2.44. The Kier molecular flexibility index (Phi) is 2.41. The number of halogens is 3. The number of nitrogens with zero attached hydrogens (tertiary/aromatic N) is 2.